The van der Waals surface area contributed by atoms with Crippen LogP contribution in [-0.4, -0.2) is 42.1 Å². The molecule has 0 spiro atoms. The van der Waals surface area contributed by atoms with E-state index in [0.717, 1.165) is 31.6 Å². The second-order valence-electron chi connectivity index (χ2n) is 5.92. The molecule has 1 aromatic carbocycles. The maximum absolute atomic E-state index is 12.5. The van der Waals surface area contributed by atoms with Crippen molar-refractivity contribution in [2.45, 2.75) is 24.7 Å². The summed E-state index contributed by atoms with van der Waals surface area (Å²) in [6.45, 7) is 3.32. The Labute approximate surface area is 141 Å². The maximum Gasteiger partial charge on any atom is 0.263 e. The fourth-order valence-corrected chi connectivity index (χ4v) is 3.86. The summed E-state index contributed by atoms with van der Waals surface area (Å²) in [6.07, 6.45) is 2.04. The van der Waals surface area contributed by atoms with Crippen LogP contribution in [0.15, 0.2) is 35.2 Å². The number of amides is 1. The van der Waals surface area contributed by atoms with E-state index in [0.29, 0.717) is 11.4 Å². The smallest absolute Gasteiger partial charge is 0.263 e. The minimum Gasteiger partial charge on any atom is -0.339 e. The van der Waals surface area contributed by atoms with Gasteiger partial charge in [-0.2, -0.15) is 5.10 Å². The highest BCUT2D eigenvalue weighted by Crippen LogP contribution is 2.18. The van der Waals surface area contributed by atoms with Crippen LogP contribution in [-0.2, 0) is 17.1 Å². The van der Waals surface area contributed by atoms with E-state index in [-0.39, 0.29) is 10.8 Å². The topological polar surface area (TPSA) is 84.3 Å². The molecule has 0 radical (unpaired) electrons. The molecule has 24 heavy (non-hydrogen) atoms. The summed E-state index contributed by atoms with van der Waals surface area (Å²) in [7, 11) is -2.05. The maximum atomic E-state index is 12.5. The zero-order valence-electron chi connectivity index (χ0n) is 13.7. The number of hydrogen-bond acceptors (Lipinski definition) is 4. The number of aromatic nitrogens is 2. The van der Waals surface area contributed by atoms with E-state index in [1.807, 2.05) is 0 Å². The van der Waals surface area contributed by atoms with Crippen LogP contribution >= 0.6 is 0 Å². The number of nitrogens with zero attached hydrogens (tertiary/aromatic N) is 3. The molecule has 1 amide bonds. The third kappa shape index (κ3) is 3.28. The van der Waals surface area contributed by atoms with Crippen LogP contribution in [0.3, 0.4) is 0 Å². The van der Waals surface area contributed by atoms with Gasteiger partial charge in [-0.05, 0) is 44.0 Å². The Morgan fingerprint density at radius 2 is 1.79 bits per heavy atom. The fraction of sp³-hybridized carbons (Fsp3) is 0.375. The Bertz CT molecular complexity index is 850. The minimum absolute atomic E-state index is 0.0494. The van der Waals surface area contributed by atoms with Crippen LogP contribution in [0.1, 0.15) is 28.9 Å². The number of sulfonamides is 1. The van der Waals surface area contributed by atoms with Crippen LogP contribution in [0.4, 0.5) is 5.82 Å². The van der Waals surface area contributed by atoms with Crippen LogP contribution in [0, 0.1) is 6.92 Å². The molecule has 1 N–H and O–H groups in total. The lowest BCUT2D eigenvalue weighted by Crippen LogP contribution is -2.27. The standard InChI is InChI=1S/C16H20N4O3S/c1-12-11-15(19(2)17-12)18-24(22,23)14-7-5-13(6-8-14)16(21)20-9-3-4-10-20/h5-8,11,18H,3-4,9-10H2,1-2H3. The zero-order valence-corrected chi connectivity index (χ0v) is 14.5. The van der Waals surface area contributed by atoms with Gasteiger partial charge in [-0.3, -0.25) is 14.2 Å². The van der Waals surface area contributed by atoms with Gasteiger partial charge in [-0.25, -0.2) is 8.42 Å². The molecule has 0 bridgehead atoms. The van der Waals surface area contributed by atoms with Gasteiger partial charge < -0.3 is 4.90 Å². The quantitative estimate of drug-likeness (QED) is 0.912. The highest BCUT2D eigenvalue weighted by molar-refractivity contribution is 7.92. The average molecular weight is 348 g/mol. The first-order valence-corrected chi connectivity index (χ1v) is 9.28. The van der Waals surface area contributed by atoms with Gasteiger partial charge in [-0.1, -0.05) is 0 Å². The summed E-state index contributed by atoms with van der Waals surface area (Å²) < 4.78 is 28.9. The molecule has 7 nitrogen and oxygen atoms in total. The van der Waals surface area contributed by atoms with E-state index in [4.69, 9.17) is 0 Å². The van der Waals surface area contributed by atoms with Crippen LogP contribution in [0.25, 0.3) is 0 Å². The van der Waals surface area contributed by atoms with Crippen molar-refractivity contribution in [1.82, 2.24) is 14.7 Å². The lowest BCUT2D eigenvalue weighted by atomic mass is 10.2. The first-order valence-electron chi connectivity index (χ1n) is 7.79. The Balaban J connectivity index is 1.79. The van der Waals surface area contributed by atoms with E-state index in [1.165, 1.54) is 16.8 Å². The van der Waals surface area contributed by atoms with Gasteiger partial charge >= 0.3 is 0 Å². The molecule has 3 rings (SSSR count). The third-order valence-electron chi connectivity index (χ3n) is 4.05. The first kappa shape index (κ1) is 16.5. The molecule has 0 unspecified atom stereocenters. The minimum atomic E-state index is -3.72. The number of aryl methyl sites for hydroxylation is 2. The SMILES string of the molecule is Cc1cc(NS(=O)(=O)c2ccc(C(=O)N3CCCC3)cc2)n(C)n1. The van der Waals surface area contributed by atoms with Crippen molar-refractivity contribution in [3.05, 3.63) is 41.6 Å². The van der Waals surface area contributed by atoms with Crippen molar-refractivity contribution < 1.29 is 13.2 Å². The lowest BCUT2D eigenvalue weighted by molar-refractivity contribution is 0.0792. The van der Waals surface area contributed by atoms with Gasteiger partial charge in [-0.15, -0.1) is 0 Å². The average Bonchev–Trinajstić information content (AvgIpc) is 3.17. The number of carbonyl (C=O) groups excluding carboxylic acids is 1. The summed E-state index contributed by atoms with van der Waals surface area (Å²) in [5.74, 6) is 0.344. The summed E-state index contributed by atoms with van der Waals surface area (Å²) in [5, 5.41) is 4.11. The number of rotatable bonds is 4. The number of anilines is 1. The Morgan fingerprint density at radius 1 is 1.17 bits per heavy atom. The van der Waals surface area contributed by atoms with E-state index in [2.05, 4.69) is 9.82 Å². The monoisotopic (exact) mass is 348 g/mol. The van der Waals surface area contributed by atoms with Gasteiger partial charge in [0, 0.05) is 31.8 Å². The van der Waals surface area contributed by atoms with Crippen LogP contribution in [0.5, 0.6) is 0 Å². The van der Waals surface area contributed by atoms with Gasteiger partial charge in [0.05, 0.1) is 10.6 Å². The Hall–Kier alpha value is -2.35. The van der Waals surface area contributed by atoms with Crippen molar-refractivity contribution in [3.8, 4) is 0 Å². The number of nitrogens with one attached hydrogen (secondary N) is 1. The summed E-state index contributed by atoms with van der Waals surface area (Å²) in [5.41, 5.74) is 1.23. The molecular weight excluding hydrogens is 328 g/mol. The van der Waals surface area contributed by atoms with Crippen molar-refractivity contribution >= 4 is 21.7 Å². The number of likely N-dealkylation sites (tertiary alicyclic amines) is 1. The molecule has 2 heterocycles. The molecule has 8 heteroatoms. The van der Waals surface area contributed by atoms with Crippen molar-refractivity contribution in [1.29, 1.82) is 0 Å². The van der Waals surface area contributed by atoms with E-state index in [9.17, 15) is 13.2 Å². The molecular formula is C16H20N4O3S. The molecule has 1 aliphatic rings. The first-order chi connectivity index (χ1) is 11.4. The molecule has 1 aliphatic heterocycles. The van der Waals surface area contributed by atoms with Gasteiger partial charge in [0.1, 0.15) is 5.82 Å². The van der Waals surface area contributed by atoms with Gasteiger partial charge in [0.25, 0.3) is 15.9 Å². The molecule has 0 aliphatic carbocycles. The molecule has 1 saturated heterocycles. The normalized spacial score (nSPS) is 14.8. The second-order valence-corrected chi connectivity index (χ2v) is 7.61. The van der Waals surface area contributed by atoms with Crippen LogP contribution in [0.2, 0.25) is 0 Å². The summed E-state index contributed by atoms with van der Waals surface area (Å²) in [6, 6.07) is 7.68. The van der Waals surface area contributed by atoms with E-state index in [1.54, 1.807) is 37.1 Å². The molecule has 0 atom stereocenters. The Kier molecular flexibility index (Phi) is 4.31. The predicted octanol–water partition coefficient (Wildman–Crippen LogP) is 1.77. The lowest BCUT2D eigenvalue weighted by Gasteiger charge is -2.15. The number of benzene rings is 1. The number of carbonyl (C=O) groups is 1. The molecule has 2 aromatic rings. The third-order valence-corrected chi connectivity index (χ3v) is 5.42. The molecule has 1 aromatic heterocycles. The second kappa shape index (κ2) is 6.27. The largest absolute Gasteiger partial charge is 0.339 e. The fourth-order valence-electron chi connectivity index (χ4n) is 2.78. The highest BCUT2D eigenvalue weighted by Gasteiger charge is 2.21. The highest BCUT2D eigenvalue weighted by atomic mass is 32.2. The molecule has 1 fully saturated rings. The van der Waals surface area contributed by atoms with Crippen molar-refractivity contribution in [3.63, 3.8) is 0 Å². The van der Waals surface area contributed by atoms with Crippen molar-refractivity contribution in [2.75, 3.05) is 17.8 Å². The molecule has 0 saturated carbocycles. The van der Waals surface area contributed by atoms with Gasteiger partial charge in [0.15, 0.2) is 0 Å². The predicted molar refractivity (Wildman–Crippen MR) is 90.3 cm³/mol. The zero-order chi connectivity index (χ0) is 17.3. The number of hydrogen-bond donors (Lipinski definition) is 1. The van der Waals surface area contributed by atoms with E-state index < -0.39 is 10.0 Å². The van der Waals surface area contributed by atoms with Gasteiger partial charge in [0.2, 0.25) is 0 Å². The summed E-state index contributed by atoms with van der Waals surface area (Å²) in [4.78, 5) is 14.2. The summed E-state index contributed by atoms with van der Waals surface area (Å²) >= 11 is 0. The van der Waals surface area contributed by atoms with Crippen LogP contribution < -0.4 is 4.72 Å². The van der Waals surface area contributed by atoms with Crippen molar-refractivity contribution in [2.24, 2.45) is 7.05 Å². The molecule has 128 valence electrons. The Morgan fingerprint density at radius 3 is 2.33 bits per heavy atom. The van der Waals surface area contributed by atoms with E-state index >= 15 is 0 Å².